The predicted octanol–water partition coefficient (Wildman–Crippen LogP) is 4.61. The lowest BCUT2D eigenvalue weighted by Crippen LogP contribution is -2.30. The van der Waals surface area contributed by atoms with Crippen LogP contribution in [0.4, 0.5) is 10.2 Å². The molecule has 0 bridgehead atoms. The van der Waals surface area contributed by atoms with Gasteiger partial charge in [-0.25, -0.2) is 14.4 Å². The van der Waals surface area contributed by atoms with Crippen LogP contribution in [0, 0.1) is 12.7 Å². The van der Waals surface area contributed by atoms with Crippen LogP contribution in [0.2, 0.25) is 0 Å². The summed E-state index contributed by atoms with van der Waals surface area (Å²) in [6.07, 6.45) is 3.57. The topological polar surface area (TPSA) is 61.2 Å². The van der Waals surface area contributed by atoms with Gasteiger partial charge in [-0.15, -0.1) is 0 Å². The Morgan fingerprint density at radius 2 is 1.77 bits per heavy atom. The maximum absolute atomic E-state index is 13.6. The van der Waals surface area contributed by atoms with Crippen molar-refractivity contribution >= 4 is 16.9 Å². The Balaban J connectivity index is 1.92. The van der Waals surface area contributed by atoms with Gasteiger partial charge < -0.3 is 19.4 Å². The van der Waals surface area contributed by atoms with Gasteiger partial charge in [0.2, 0.25) is 0 Å². The predicted molar refractivity (Wildman–Crippen MR) is 120 cm³/mol. The van der Waals surface area contributed by atoms with Crippen molar-refractivity contribution in [1.29, 1.82) is 0 Å². The molecule has 2 aromatic heterocycles. The third-order valence-corrected chi connectivity index (χ3v) is 5.09. The summed E-state index contributed by atoms with van der Waals surface area (Å²) in [5.74, 6) is 0.399. The van der Waals surface area contributed by atoms with E-state index in [0.29, 0.717) is 19.0 Å². The van der Waals surface area contributed by atoms with Gasteiger partial charge in [0.1, 0.15) is 18.0 Å². The van der Waals surface area contributed by atoms with E-state index in [4.69, 9.17) is 9.47 Å². The van der Waals surface area contributed by atoms with E-state index >= 15 is 0 Å². The van der Waals surface area contributed by atoms with Gasteiger partial charge in [0, 0.05) is 31.7 Å². The van der Waals surface area contributed by atoms with Crippen LogP contribution in [0.5, 0.6) is 0 Å². The van der Waals surface area contributed by atoms with Crippen molar-refractivity contribution in [3.8, 4) is 16.8 Å². The van der Waals surface area contributed by atoms with Crippen molar-refractivity contribution < 1.29 is 13.9 Å². The Kier molecular flexibility index (Phi) is 6.25. The smallest absolute Gasteiger partial charge is 0.150 e. The molecule has 0 radical (unpaired) electrons. The van der Waals surface area contributed by atoms with Crippen LogP contribution in [0.25, 0.3) is 27.8 Å². The summed E-state index contributed by atoms with van der Waals surface area (Å²) in [5.41, 5.74) is 4.69. The number of anilines is 1. The van der Waals surface area contributed by atoms with E-state index in [1.807, 2.05) is 22.9 Å². The van der Waals surface area contributed by atoms with Gasteiger partial charge in [-0.3, -0.25) is 0 Å². The minimum atomic E-state index is -0.277. The van der Waals surface area contributed by atoms with Crippen LogP contribution >= 0.6 is 0 Å². The highest BCUT2D eigenvalue weighted by atomic mass is 19.1. The standard InChI is InChI=1S/C24H25FN4O2/c1-16-5-4-6-20(11-16)29-12-21(17-7-9-18(25)10-8-17)22-23(26-15-27-24(22)29)28-19(13-30-2)14-31-3/h4-12,15,19H,13-14H2,1-3H3,(H,26,27,28). The number of nitrogens with one attached hydrogen (secondary N) is 1. The molecule has 1 N–H and O–H groups in total. The number of benzene rings is 2. The average Bonchev–Trinajstić information content (AvgIpc) is 3.15. The van der Waals surface area contributed by atoms with E-state index in [2.05, 4.69) is 34.3 Å². The molecule has 0 aliphatic heterocycles. The quantitative estimate of drug-likeness (QED) is 0.451. The first kappa shape index (κ1) is 21.0. The van der Waals surface area contributed by atoms with E-state index < -0.39 is 0 Å². The summed E-state index contributed by atoms with van der Waals surface area (Å²) >= 11 is 0. The fraction of sp³-hybridized carbons (Fsp3) is 0.250. The number of hydrogen-bond donors (Lipinski definition) is 1. The van der Waals surface area contributed by atoms with Gasteiger partial charge in [0.05, 0.1) is 24.6 Å². The summed E-state index contributed by atoms with van der Waals surface area (Å²) in [5, 5.41) is 4.29. The van der Waals surface area contributed by atoms with E-state index in [1.165, 1.54) is 12.1 Å². The molecule has 0 fully saturated rings. The van der Waals surface area contributed by atoms with Crippen molar-refractivity contribution in [2.75, 3.05) is 32.8 Å². The molecule has 0 unspecified atom stereocenters. The summed E-state index contributed by atoms with van der Waals surface area (Å²) in [4.78, 5) is 9.10. The molecule has 6 nitrogen and oxygen atoms in total. The average molecular weight is 420 g/mol. The van der Waals surface area contributed by atoms with Crippen molar-refractivity contribution in [2.24, 2.45) is 0 Å². The van der Waals surface area contributed by atoms with E-state index in [-0.39, 0.29) is 11.9 Å². The van der Waals surface area contributed by atoms with Crippen molar-refractivity contribution in [3.63, 3.8) is 0 Å². The summed E-state index contributed by atoms with van der Waals surface area (Å²) < 4.78 is 26.3. The molecule has 0 spiro atoms. The minimum Gasteiger partial charge on any atom is -0.382 e. The first-order chi connectivity index (χ1) is 15.1. The van der Waals surface area contributed by atoms with Crippen LogP contribution in [-0.2, 0) is 9.47 Å². The van der Waals surface area contributed by atoms with Crippen molar-refractivity contribution in [3.05, 3.63) is 72.4 Å². The molecule has 4 aromatic rings. The van der Waals surface area contributed by atoms with Crippen LogP contribution in [0.3, 0.4) is 0 Å². The molecule has 0 amide bonds. The highest BCUT2D eigenvalue weighted by molar-refractivity contribution is 6.02. The Morgan fingerprint density at radius 3 is 2.45 bits per heavy atom. The number of methoxy groups -OCH3 is 2. The zero-order valence-electron chi connectivity index (χ0n) is 17.8. The van der Waals surface area contributed by atoms with Crippen LogP contribution in [-0.4, -0.2) is 48.0 Å². The fourth-order valence-electron chi connectivity index (χ4n) is 3.72. The Morgan fingerprint density at radius 1 is 1.03 bits per heavy atom. The lowest BCUT2D eigenvalue weighted by atomic mass is 10.1. The SMILES string of the molecule is COCC(COC)Nc1ncnc2c1c(-c1ccc(F)cc1)cn2-c1cccc(C)c1. The highest BCUT2D eigenvalue weighted by Crippen LogP contribution is 2.35. The van der Waals surface area contributed by atoms with Crippen LogP contribution in [0.1, 0.15) is 5.56 Å². The van der Waals surface area contributed by atoms with Gasteiger partial charge in [-0.1, -0.05) is 24.3 Å². The number of ether oxygens (including phenoxy) is 2. The number of fused-ring (bicyclic) bond motifs is 1. The molecular formula is C24H25FN4O2. The molecule has 160 valence electrons. The van der Waals surface area contributed by atoms with Crippen molar-refractivity contribution in [2.45, 2.75) is 13.0 Å². The molecule has 0 atom stereocenters. The molecule has 0 aliphatic rings. The summed E-state index contributed by atoms with van der Waals surface area (Å²) in [7, 11) is 3.30. The zero-order valence-corrected chi connectivity index (χ0v) is 17.8. The molecule has 4 rings (SSSR count). The van der Waals surface area contributed by atoms with Gasteiger partial charge >= 0.3 is 0 Å². The third kappa shape index (κ3) is 4.42. The minimum absolute atomic E-state index is 0.0866. The molecule has 0 saturated carbocycles. The van der Waals surface area contributed by atoms with E-state index in [1.54, 1.807) is 32.7 Å². The largest absolute Gasteiger partial charge is 0.382 e. The van der Waals surface area contributed by atoms with Gasteiger partial charge in [-0.2, -0.15) is 0 Å². The number of rotatable bonds is 8. The molecule has 31 heavy (non-hydrogen) atoms. The number of hydrogen-bond acceptors (Lipinski definition) is 5. The Hall–Kier alpha value is -3.29. The maximum Gasteiger partial charge on any atom is 0.150 e. The number of aromatic nitrogens is 3. The Bertz CT molecular complexity index is 1170. The highest BCUT2D eigenvalue weighted by Gasteiger charge is 2.19. The second-order valence-corrected chi connectivity index (χ2v) is 7.43. The van der Waals surface area contributed by atoms with Gasteiger partial charge in [-0.05, 0) is 42.3 Å². The third-order valence-electron chi connectivity index (χ3n) is 5.09. The molecule has 0 saturated heterocycles. The molecule has 7 heteroatoms. The second kappa shape index (κ2) is 9.24. The van der Waals surface area contributed by atoms with Gasteiger partial charge in [0.15, 0.2) is 5.65 Å². The van der Waals surface area contributed by atoms with Crippen molar-refractivity contribution in [1.82, 2.24) is 14.5 Å². The lowest BCUT2D eigenvalue weighted by molar-refractivity contribution is 0.126. The normalized spacial score (nSPS) is 11.4. The first-order valence-electron chi connectivity index (χ1n) is 10.0. The molecular weight excluding hydrogens is 395 g/mol. The second-order valence-electron chi connectivity index (χ2n) is 7.43. The molecule has 2 heterocycles. The maximum atomic E-state index is 13.6. The first-order valence-corrected chi connectivity index (χ1v) is 10.0. The molecule has 2 aromatic carbocycles. The van der Waals surface area contributed by atoms with E-state index in [9.17, 15) is 4.39 Å². The Labute approximate surface area is 180 Å². The monoisotopic (exact) mass is 420 g/mol. The number of aryl methyl sites for hydroxylation is 1. The number of nitrogens with zero attached hydrogens (tertiary/aromatic N) is 3. The fourth-order valence-corrected chi connectivity index (χ4v) is 3.72. The lowest BCUT2D eigenvalue weighted by Gasteiger charge is -2.18. The summed E-state index contributed by atoms with van der Waals surface area (Å²) in [6.45, 7) is 2.98. The van der Waals surface area contributed by atoms with Crippen LogP contribution in [0.15, 0.2) is 61.1 Å². The van der Waals surface area contributed by atoms with Gasteiger partial charge in [0.25, 0.3) is 0 Å². The van der Waals surface area contributed by atoms with Crippen LogP contribution < -0.4 is 5.32 Å². The zero-order chi connectivity index (χ0) is 21.8. The number of halogens is 1. The summed E-state index contributed by atoms with van der Waals surface area (Å²) in [6, 6.07) is 14.6. The molecule has 0 aliphatic carbocycles. The van der Waals surface area contributed by atoms with E-state index in [0.717, 1.165) is 33.4 Å².